The van der Waals surface area contributed by atoms with Crippen molar-refractivity contribution in [2.45, 2.75) is 25.1 Å². The number of fused-ring (bicyclic) bond motifs is 3. The van der Waals surface area contributed by atoms with Crippen molar-refractivity contribution in [1.29, 1.82) is 0 Å². The highest BCUT2D eigenvalue weighted by atomic mass is 28.3. The predicted octanol–water partition coefficient (Wildman–Crippen LogP) is 13.7. The van der Waals surface area contributed by atoms with E-state index in [0.717, 1.165) is 39.1 Å². The lowest BCUT2D eigenvalue weighted by atomic mass is 9.67. The van der Waals surface area contributed by atoms with Crippen LogP contribution in [-0.4, -0.2) is 18.0 Å². The predicted molar refractivity (Wildman–Crippen MR) is 249 cm³/mol. The van der Waals surface area contributed by atoms with E-state index >= 15 is 0 Å². The van der Waals surface area contributed by atoms with Crippen molar-refractivity contribution in [3.05, 3.63) is 235 Å². The molecular weight excluding hydrogens is 729 g/mol. The van der Waals surface area contributed by atoms with Gasteiger partial charge in [0.15, 0.2) is 5.82 Å². The maximum Gasteiger partial charge on any atom is 0.159 e. The van der Waals surface area contributed by atoms with Crippen molar-refractivity contribution in [2.75, 3.05) is 0 Å². The largest absolute Gasteiger partial charge is 0.236 e. The highest BCUT2D eigenvalue weighted by Crippen LogP contribution is 2.57. The molecule has 1 heterocycles. The molecule has 1 aliphatic carbocycles. The molecule has 0 radical (unpaired) electrons. The first-order valence-corrected chi connectivity index (χ1v) is 24.0. The molecule has 10 rings (SSSR count). The van der Waals surface area contributed by atoms with E-state index < -0.39 is 13.5 Å². The van der Waals surface area contributed by atoms with Gasteiger partial charge in [0.1, 0.15) is 0 Å². The minimum Gasteiger partial charge on any atom is -0.236 e. The molecule has 1 aromatic heterocycles. The molecule has 0 N–H and O–H groups in total. The molecule has 2 nitrogen and oxygen atoms in total. The molecular formula is C56H44N2Si. The first kappa shape index (κ1) is 36.4. The van der Waals surface area contributed by atoms with Gasteiger partial charge in [0, 0.05) is 22.9 Å². The van der Waals surface area contributed by atoms with E-state index in [1.54, 1.807) is 0 Å². The lowest BCUT2D eigenvalue weighted by Crippen LogP contribution is -2.37. The smallest absolute Gasteiger partial charge is 0.159 e. The standard InChI is InChI=1S/C56H44N2Si/c1-59(2,3)48-31-27-39(28-32-48)43-29-33-49-50-34-30-44(37-53(50)56(52(49)36-43,46-23-12-6-13-24-46)47-25-14-7-15-26-47)42-21-16-22-45(35-42)54-51(40-17-8-4-9-18-40)38-57-55(58-54)41-19-10-5-11-20-41/h4-38H,1-3H3. The summed E-state index contributed by atoms with van der Waals surface area (Å²) in [5.74, 6) is 0.711. The van der Waals surface area contributed by atoms with Gasteiger partial charge in [-0.1, -0.05) is 213 Å². The third-order valence-corrected chi connectivity index (χ3v) is 14.1. The average Bonchev–Trinajstić information content (AvgIpc) is 3.59. The van der Waals surface area contributed by atoms with Crippen molar-refractivity contribution < 1.29 is 0 Å². The number of nitrogens with zero attached hydrogens (tertiary/aromatic N) is 2. The molecule has 0 aliphatic heterocycles. The van der Waals surface area contributed by atoms with Crippen LogP contribution in [0, 0.1) is 0 Å². The van der Waals surface area contributed by atoms with E-state index in [2.05, 4.69) is 202 Å². The van der Waals surface area contributed by atoms with Crippen LogP contribution in [0.5, 0.6) is 0 Å². The average molecular weight is 773 g/mol. The minimum absolute atomic E-state index is 0.535. The Hall–Kier alpha value is -6.94. The van der Waals surface area contributed by atoms with Gasteiger partial charge >= 0.3 is 0 Å². The van der Waals surface area contributed by atoms with Crippen LogP contribution in [0.3, 0.4) is 0 Å². The highest BCUT2D eigenvalue weighted by molar-refractivity contribution is 6.88. The van der Waals surface area contributed by atoms with Crippen molar-refractivity contribution in [1.82, 2.24) is 9.97 Å². The Morgan fingerprint density at radius 1 is 0.373 bits per heavy atom. The zero-order valence-electron chi connectivity index (χ0n) is 33.6. The second-order valence-electron chi connectivity index (χ2n) is 16.6. The fourth-order valence-electron chi connectivity index (χ4n) is 9.01. The third kappa shape index (κ3) is 6.45. The number of hydrogen-bond acceptors (Lipinski definition) is 2. The minimum atomic E-state index is -1.43. The summed E-state index contributed by atoms with van der Waals surface area (Å²) in [5, 5.41) is 1.47. The van der Waals surface area contributed by atoms with Crippen LogP contribution in [0.15, 0.2) is 212 Å². The van der Waals surface area contributed by atoms with Crippen LogP contribution in [0.1, 0.15) is 22.3 Å². The Labute approximate surface area is 348 Å². The molecule has 0 atom stereocenters. The first-order valence-electron chi connectivity index (χ1n) is 20.5. The molecule has 282 valence electrons. The Balaban J connectivity index is 1.16. The van der Waals surface area contributed by atoms with Gasteiger partial charge in [-0.05, 0) is 79.4 Å². The lowest BCUT2D eigenvalue weighted by Gasteiger charge is -2.34. The zero-order chi connectivity index (χ0) is 40.0. The van der Waals surface area contributed by atoms with Gasteiger partial charge in [-0.3, -0.25) is 0 Å². The molecule has 0 saturated carbocycles. The van der Waals surface area contributed by atoms with Crippen molar-refractivity contribution in [2.24, 2.45) is 0 Å². The first-order chi connectivity index (χ1) is 28.9. The van der Waals surface area contributed by atoms with E-state index in [1.165, 1.54) is 49.7 Å². The normalized spacial score (nSPS) is 12.8. The monoisotopic (exact) mass is 772 g/mol. The van der Waals surface area contributed by atoms with E-state index in [-0.39, 0.29) is 0 Å². The summed E-state index contributed by atoms with van der Waals surface area (Å²) in [5.41, 5.74) is 16.9. The summed E-state index contributed by atoms with van der Waals surface area (Å²) < 4.78 is 0. The Bertz CT molecular complexity index is 2900. The Morgan fingerprint density at radius 2 is 0.831 bits per heavy atom. The fourth-order valence-corrected chi connectivity index (χ4v) is 10.2. The number of hydrogen-bond donors (Lipinski definition) is 0. The maximum atomic E-state index is 5.25. The summed E-state index contributed by atoms with van der Waals surface area (Å²) in [6.45, 7) is 7.23. The van der Waals surface area contributed by atoms with Gasteiger partial charge in [-0.15, -0.1) is 0 Å². The summed E-state index contributed by atoms with van der Waals surface area (Å²) in [7, 11) is -1.43. The van der Waals surface area contributed by atoms with Gasteiger partial charge in [0.2, 0.25) is 0 Å². The SMILES string of the molecule is C[Si](C)(C)c1ccc(-c2ccc3c(c2)C(c2ccccc2)(c2ccccc2)c2cc(-c4cccc(-c5nc(-c6ccccc6)ncc5-c5ccccc5)c4)ccc2-3)cc1. The molecule has 3 heteroatoms. The Kier molecular flexibility index (Phi) is 9.11. The molecule has 59 heavy (non-hydrogen) atoms. The van der Waals surface area contributed by atoms with E-state index in [4.69, 9.17) is 9.97 Å². The second-order valence-corrected chi connectivity index (χ2v) is 21.7. The van der Waals surface area contributed by atoms with Crippen LogP contribution in [0.2, 0.25) is 19.6 Å². The van der Waals surface area contributed by atoms with E-state index in [9.17, 15) is 0 Å². The molecule has 0 bridgehead atoms. The maximum absolute atomic E-state index is 5.25. The van der Waals surface area contributed by atoms with Crippen LogP contribution >= 0.6 is 0 Å². The second kappa shape index (κ2) is 14.8. The molecule has 9 aromatic rings. The van der Waals surface area contributed by atoms with Crippen molar-refractivity contribution >= 4 is 13.3 Å². The van der Waals surface area contributed by atoms with Gasteiger partial charge in [0.05, 0.1) is 19.2 Å². The van der Waals surface area contributed by atoms with Crippen LogP contribution in [0.4, 0.5) is 0 Å². The van der Waals surface area contributed by atoms with Gasteiger partial charge in [-0.2, -0.15) is 0 Å². The van der Waals surface area contributed by atoms with Crippen LogP contribution < -0.4 is 5.19 Å². The summed E-state index contributed by atoms with van der Waals surface area (Å²) in [6.07, 6.45) is 1.97. The molecule has 0 fully saturated rings. The van der Waals surface area contributed by atoms with Crippen molar-refractivity contribution in [3.63, 3.8) is 0 Å². The Morgan fingerprint density at radius 3 is 1.39 bits per heavy atom. The third-order valence-electron chi connectivity index (χ3n) is 12.0. The summed E-state index contributed by atoms with van der Waals surface area (Å²) in [4.78, 5) is 10.1. The van der Waals surface area contributed by atoms with Gasteiger partial charge in [0.25, 0.3) is 0 Å². The molecule has 0 spiro atoms. The van der Waals surface area contributed by atoms with E-state index in [1.807, 2.05) is 30.5 Å². The highest BCUT2D eigenvalue weighted by Gasteiger charge is 2.46. The molecule has 0 amide bonds. The van der Waals surface area contributed by atoms with Gasteiger partial charge < -0.3 is 0 Å². The molecule has 0 saturated heterocycles. The quantitative estimate of drug-likeness (QED) is 0.144. The zero-order valence-corrected chi connectivity index (χ0v) is 34.6. The van der Waals surface area contributed by atoms with Gasteiger partial charge in [-0.25, -0.2) is 9.97 Å². The summed E-state index contributed by atoms with van der Waals surface area (Å²) >= 11 is 0. The topological polar surface area (TPSA) is 25.8 Å². The molecule has 0 unspecified atom stereocenters. The van der Waals surface area contributed by atoms with Crippen molar-refractivity contribution in [3.8, 4) is 67.2 Å². The van der Waals surface area contributed by atoms with Crippen LogP contribution in [0.25, 0.3) is 67.2 Å². The molecule has 8 aromatic carbocycles. The number of benzene rings is 8. The summed E-state index contributed by atoms with van der Waals surface area (Å²) in [6, 6.07) is 75.3. The molecule has 1 aliphatic rings. The lowest BCUT2D eigenvalue weighted by molar-refractivity contribution is 0.769. The number of rotatable bonds is 8. The fraction of sp³-hybridized carbons (Fsp3) is 0.0714. The van der Waals surface area contributed by atoms with Crippen LogP contribution in [-0.2, 0) is 5.41 Å². The number of aromatic nitrogens is 2. The van der Waals surface area contributed by atoms with E-state index in [0.29, 0.717) is 5.82 Å².